The lowest BCUT2D eigenvalue weighted by molar-refractivity contribution is -0.138. The Bertz CT molecular complexity index is 1430. The second-order valence-corrected chi connectivity index (χ2v) is 12.5. The number of carboxylic acid groups (broad SMARTS) is 1. The molecule has 1 aliphatic rings. The molecule has 4 amide bonds. The lowest BCUT2D eigenvalue weighted by Crippen LogP contribution is -2.77. The molecule has 41 heavy (non-hydrogen) atoms. The number of nitrogens with zero attached hydrogens (tertiary/aromatic N) is 2. The van der Waals surface area contributed by atoms with E-state index in [-0.39, 0.29) is 17.9 Å². The Morgan fingerprint density at radius 3 is 1.85 bits per heavy atom. The second kappa shape index (κ2) is 10.6. The van der Waals surface area contributed by atoms with Gasteiger partial charge in [-0.2, -0.15) is 0 Å². The monoisotopic (exact) mass is 558 g/mol. The normalized spacial score (nSPS) is 19.8. The van der Waals surface area contributed by atoms with Crippen molar-refractivity contribution in [3.63, 3.8) is 0 Å². The fourth-order valence-electron chi connectivity index (χ4n) is 5.30. The Kier molecular flexibility index (Phi) is 7.62. The molecule has 2 atom stereocenters. The predicted octanol–water partition coefficient (Wildman–Crippen LogP) is 5.40. The van der Waals surface area contributed by atoms with E-state index in [4.69, 9.17) is 5.73 Å². The summed E-state index contributed by atoms with van der Waals surface area (Å²) in [6, 6.07) is 20.1. The van der Waals surface area contributed by atoms with Crippen molar-refractivity contribution in [2.45, 2.75) is 70.6 Å². The van der Waals surface area contributed by atoms with Crippen molar-refractivity contribution in [2.75, 3.05) is 4.90 Å². The largest absolute Gasteiger partial charge is 0.507 e. The van der Waals surface area contributed by atoms with Crippen LogP contribution in [0.5, 0.6) is 5.75 Å². The van der Waals surface area contributed by atoms with Crippen LogP contribution in [-0.2, 0) is 27.7 Å². The van der Waals surface area contributed by atoms with E-state index < -0.39 is 40.6 Å². The number of imide groups is 1. The fourth-order valence-corrected chi connectivity index (χ4v) is 5.30. The van der Waals surface area contributed by atoms with Crippen LogP contribution in [0.4, 0.5) is 15.3 Å². The van der Waals surface area contributed by atoms with Crippen LogP contribution in [0.2, 0.25) is 0 Å². The van der Waals surface area contributed by atoms with Crippen molar-refractivity contribution in [2.24, 2.45) is 5.73 Å². The van der Waals surface area contributed by atoms with E-state index in [9.17, 15) is 24.6 Å². The van der Waals surface area contributed by atoms with Crippen molar-refractivity contribution in [3.05, 3.63) is 95.1 Å². The molecular weight excluding hydrogens is 520 g/mol. The number of nitrogens with two attached hydrogens (primary N) is 1. The molecule has 0 spiro atoms. The highest BCUT2D eigenvalue weighted by Crippen LogP contribution is 2.44. The van der Waals surface area contributed by atoms with E-state index in [0.717, 1.165) is 4.90 Å². The fraction of sp³-hybridized carbons (Fsp3) is 0.344. The third-order valence-corrected chi connectivity index (χ3v) is 7.44. The molecule has 0 bridgehead atoms. The van der Waals surface area contributed by atoms with Crippen LogP contribution in [0.25, 0.3) is 0 Å². The van der Waals surface area contributed by atoms with E-state index in [1.165, 1.54) is 4.90 Å². The Morgan fingerprint density at radius 1 is 0.902 bits per heavy atom. The molecule has 4 rings (SSSR count). The van der Waals surface area contributed by atoms with Crippen LogP contribution >= 0.6 is 0 Å². The quantitative estimate of drug-likeness (QED) is 0.331. The van der Waals surface area contributed by atoms with Crippen LogP contribution in [0.15, 0.2) is 72.8 Å². The highest BCUT2D eigenvalue weighted by Gasteiger charge is 2.59. The predicted molar refractivity (Wildman–Crippen MR) is 158 cm³/mol. The van der Waals surface area contributed by atoms with Gasteiger partial charge < -0.3 is 21.3 Å². The molecule has 1 fully saturated rings. The zero-order chi connectivity index (χ0) is 30.3. The van der Waals surface area contributed by atoms with Gasteiger partial charge >= 0.3 is 12.1 Å². The molecule has 1 heterocycles. The number of phenols is 1. The standard InChI is InChI=1S/C32H38N4O5/c1-30(2,3)23-17-21(18-24(25(23)37)31(4,5)6)32(34-28(39)40)26(33)36(22-15-11-8-12-16-22)29(41)35(27(32)38)19-20-13-9-7-10-14-20/h7-18,26,34,37H,19,33H2,1-6H3,(H,39,40). The minimum atomic E-state index is -2.11. The summed E-state index contributed by atoms with van der Waals surface area (Å²) in [7, 11) is 0. The summed E-state index contributed by atoms with van der Waals surface area (Å²) in [5.41, 5.74) is 5.91. The van der Waals surface area contributed by atoms with E-state index in [1.54, 1.807) is 66.7 Å². The maximum absolute atomic E-state index is 14.6. The van der Waals surface area contributed by atoms with Gasteiger partial charge in [0.05, 0.1) is 6.54 Å². The smallest absolute Gasteiger partial charge is 0.405 e. The number of carbonyl (C=O) groups is 3. The van der Waals surface area contributed by atoms with Gasteiger partial charge in [0.2, 0.25) is 0 Å². The number of nitrogens with one attached hydrogen (secondary N) is 1. The molecule has 0 radical (unpaired) electrons. The molecule has 3 aromatic rings. The van der Waals surface area contributed by atoms with Gasteiger partial charge in [0.25, 0.3) is 5.91 Å². The maximum atomic E-state index is 14.6. The zero-order valence-corrected chi connectivity index (χ0v) is 24.3. The lowest BCUT2D eigenvalue weighted by Gasteiger charge is -2.50. The Morgan fingerprint density at radius 2 is 1.39 bits per heavy atom. The zero-order valence-electron chi connectivity index (χ0n) is 24.3. The summed E-state index contributed by atoms with van der Waals surface area (Å²) in [5.74, 6) is -0.743. The summed E-state index contributed by atoms with van der Waals surface area (Å²) in [6.07, 6.45) is -2.95. The molecule has 216 valence electrons. The number of rotatable bonds is 5. The number of aromatic hydroxyl groups is 1. The Labute approximate surface area is 240 Å². The van der Waals surface area contributed by atoms with Gasteiger partial charge in [-0.25, -0.2) is 9.59 Å². The molecule has 3 aromatic carbocycles. The van der Waals surface area contributed by atoms with E-state index >= 15 is 0 Å². The molecule has 1 saturated heterocycles. The van der Waals surface area contributed by atoms with Gasteiger partial charge in [-0.05, 0) is 57.3 Å². The number of para-hydroxylation sites is 1. The summed E-state index contributed by atoms with van der Waals surface area (Å²) in [5, 5.41) is 24.0. The first-order chi connectivity index (χ1) is 19.1. The average molecular weight is 559 g/mol. The number of phenolic OH excluding ortho intramolecular Hbond substituents is 1. The number of urea groups is 1. The van der Waals surface area contributed by atoms with Crippen LogP contribution in [0, 0.1) is 0 Å². The Balaban J connectivity index is 2.07. The minimum absolute atomic E-state index is 0.0631. The molecule has 0 aliphatic carbocycles. The Hall–Kier alpha value is -4.37. The number of hydrogen-bond acceptors (Lipinski definition) is 5. The van der Waals surface area contributed by atoms with Gasteiger partial charge in [-0.1, -0.05) is 90.1 Å². The van der Waals surface area contributed by atoms with E-state index in [2.05, 4.69) is 5.32 Å². The van der Waals surface area contributed by atoms with Gasteiger partial charge in [-0.3, -0.25) is 14.6 Å². The highest BCUT2D eigenvalue weighted by molar-refractivity contribution is 6.11. The number of carbonyl (C=O) groups excluding carboxylic acids is 2. The SMILES string of the molecule is CC(C)(C)c1cc(C2(NC(=O)O)C(=O)N(Cc3ccccc3)C(=O)N(c3ccccc3)C2N)cc(C(C)(C)C)c1O. The average Bonchev–Trinajstić information content (AvgIpc) is 2.89. The summed E-state index contributed by atoms with van der Waals surface area (Å²) in [6.45, 7) is 11.4. The first kappa shape index (κ1) is 29.6. The first-order valence-electron chi connectivity index (χ1n) is 13.5. The summed E-state index contributed by atoms with van der Waals surface area (Å²) >= 11 is 0. The van der Waals surface area contributed by atoms with Crippen molar-refractivity contribution in [1.82, 2.24) is 10.2 Å². The second-order valence-electron chi connectivity index (χ2n) is 12.5. The maximum Gasteiger partial charge on any atom is 0.405 e. The lowest BCUT2D eigenvalue weighted by atomic mass is 9.74. The highest BCUT2D eigenvalue weighted by atomic mass is 16.4. The number of anilines is 1. The minimum Gasteiger partial charge on any atom is -0.507 e. The molecular formula is C32H38N4O5. The van der Waals surface area contributed by atoms with Gasteiger partial charge in [0.15, 0.2) is 5.54 Å². The van der Waals surface area contributed by atoms with Crippen molar-refractivity contribution in [1.29, 1.82) is 0 Å². The number of amides is 4. The van der Waals surface area contributed by atoms with Gasteiger partial charge in [0, 0.05) is 5.69 Å². The van der Waals surface area contributed by atoms with Gasteiger partial charge in [-0.15, -0.1) is 0 Å². The third kappa shape index (κ3) is 5.37. The molecule has 5 N–H and O–H groups in total. The van der Waals surface area contributed by atoms with E-state index in [1.807, 2.05) is 47.6 Å². The molecule has 9 heteroatoms. The van der Waals surface area contributed by atoms with Crippen molar-refractivity contribution < 1.29 is 24.6 Å². The van der Waals surface area contributed by atoms with Crippen molar-refractivity contribution in [3.8, 4) is 5.75 Å². The number of benzene rings is 3. The van der Waals surface area contributed by atoms with Gasteiger partial charge in [0.1, 0.15) is 11.9 Å². The summed E-state index contributed by atoms with van der Waals surface area (Å²) in [4.78, 5) is 43.3. The van der Waals surface area contributed by atoms with Crippen LogP contribution < -0.4 is 16.0 Å². The molecule has 1 aliphatic heterocycles. The van der Waals surface area contributed by atoms with Crippen LogP contribution in [-0.4, -0.2) is 39.3 Å². The molecule has 0 saturated carbocycles. The topological polar surface area (TPSA) is 136 Å². The first-order valence-corrected chi connectivity index (χ1v) is 13.5. The third-order valence-electron chi connectivity index (χ3n) is 7.44. The number of hydrogen-bond donors (Lipinski definition) is 4. The molecule has 2 unspecified atom stereocenters. The van der Waals surface area contributed by atoms with E-state index in [0.29, 0.717) is 22.4 Å². The van der Waals surface area contributed by atoms with Crippen LogP contribution in [0.1, 0.15) is 63.8 Å². The van der Waals surface area contributed by atoms with Crippen molar-refractivity contribution >= 4 is 23.7 Å². The summed E-state index contributed by atoms with van der Waals surface area (Å²) < 4.78 is 0. The van der Waals surface area contributed by atoms with Crippen LogP contribution in [0.3, 0.4) is 0 Å². The molecule has 9 nitrogen and oxygen atoms in total. The molecule has 0 aromatic heterocycles.